The Morgan fingerprint density at radius 2 is 1.57 bits per heavy atom. The van der Waals surface area contributed by atoms with Crippen LogP contribution in [0, 0.1) is 0 Å². The van der Waals surface area contributed by atoms with E-state index in [2.05, 4.69) is 17.0 Å². The lowest BCUT2D eigenvalue weighted by Crippen LogP contribution is -2.30. The van der Waals surface area contributed by atoms with E-state index in [0.29, 0.717) is 50.4 Å². The molecule has 1 atom stereocenters. The molecule has 3 aromatic rings. The molecule has 0 radical (unpaired) electrons. The largest absolute Gasteiger partial charge is 0.494 e. The highest BCUT2D eigenvalue weighted by Gasteiger charge is 2.15. The average molecular weight is 668 g/mol. The van der Waals surface area contributed by atoms with Crippen LogP contribution in [-0.4, -0.2) is 76.9 Å². The number of rotatable bonds is 21. The summed E-state index contributed by atoms with van der Waals surface area (Å²) >= 11 is 0. The van der Waals surface area contributed by atoms with Gasteiger partial charge in [0.2, 0.25) is 10.0 Å². The lowest BCUT2D eigenvalue weighted by atomic mass is 10.1. The number of benzene rings is 3. The second kappa shape index (κ2) is 19.7. The molecule has 0 aliphatic heterocycles. The average Bonchev–Trinajstić information content (AvgIpc) is 3.06. The van der Waals surface area contributed by atoms with Crippen LogP contribution in [0.4, 0.5) is 5.69 Å². The molecular weight excluding hydrogens is 618 g/mol. The third-order valence-electron chi connectivity index (χ3n) is 7.54. The summed E-state index contributed by atoms with van der Waals surface area (Å²) < 4.78 is 43.8. The van der Waals surface area contributed by atoms with E-state index in [1.165, 1.54) is 0 Å². The Morgan fingerprint density at radius 1 is 0.851 bits per heavy atom. The predicted octanol–water partition coefficient (Wildman–Crippen LogP) is 5.94. The van der Waals surface area contributed by atoms with Gasteiger partial charge in [0.05, 0.1) is 36.8 Å². The van der Waals surface area contributed by atoms with Gasteiger partial charge < -0.3 is 24.4 Å². The monoisotopic (exact) mass is 667 g/mol. The van der Waals surface area contributed by atoms with E-state index in [4.69, 9.17) is 14.2 Å². The Morgan fingerprint density at radius 3 is 2.23 bits per heavy atom. The Balaban J connectivity index is 1.34. The summed E-state index contributed by atoms with van der Waals surface area (Å²) in [5, 5.41) is 3.44. The fraction of sp³-hybridized carbons (Fsp3) is 0.444. The molecule has 0 aromatic heterocycles. The van der Waals surface area contributed by atoms with E-state index in [1.807, 2.05) is 44.2 Å². The van der Waals surface area contributed by atoms with Gasteiger partial charge in [-0.1, -0.05) is 31.2 Å². The van der Waals surface area contributed by atoms with Crippen molar-refractivity contribution in [2.24, 2.45) is 0 Å². The maximum absolute atomic E-state index is 12.5. The van der Waals surface area contributed by atoms with Crippen LogP contribution >= 0.6 is 0 Å². The number of esters is 1. The molecule has 3 aromatic carbocycles. The van der Waals surface area contributed by atoms with Crippen molar-refractivity contribution in [1.82, 2.24) is 10.2 Å². The van der Waals surface area contributed by atoms with Gasteiger partial charge in [0.1, 0.15) is 5.75 Å². The molecular formula is C36H49N3O7S. The number of amides is 1. The molecule has 256 valence electrons. The molecule has 0 heterocycles. The Kier molecular flexibility index (Phi) is 15.7. The molecule has 1 amide bonds. The van der Waals surface area contributed by atoms with Crippen molar-refractivity contribution >= 4 is 27.6 Å². The van der Waals surface area contributed by atoms with Gasteiger partial charge >= 0.3 is 5.97 Å². The maximum atomic E-state index is 12.5. The number of anilines is 1. The van der Waals surface area contributed by atoms with Crippen LogP contribution in [0.5, 0.6) is 11.5 Å². The minimum absolute atomic E-state index is 0.0315. The van der Waals surface area contributed by atoms with Gasteiger partial charge in [0, 0.05) is 25.1 Å². The molecule has 0 aliphatic carbocycles. The van der Waals surface area contributed by atoms with Crippen LogP contribution in [0.3, 0.4) is 0 Å². The van der Waals surface area contributed by atoms with E-state index in [9.17, 15) is 18.0 Å². The van der Waals surface area contributed by atoms with Crippen molar-refractivity contribution in [3.63, 3.8) is 0 Å². The highest BCUT2D eigenvalue weighted by atomic mass is 32.2. The molecule has 3 rings (SSSR count). The lowest BCUT2D eigenvalue weighted by molar-refractivity contribution is 0.0368. The molecule has 0 aliphatic rings. The first-order valence-corrected chi connectivity index (χ1v) is 18.2. The number of sulfonamides is 1. The van der Waals surface area contributed by atoms with Gasteiger partial charge in [-0.2, -0.15) is 0 Å². The van der Waals surface area contributed by atoms with E-state index in [-0.39, 0.29) is 23.4 Å². The first kappa shape index (κ1) is 37.5. The molecule has 11 heteroatoms. The van der Waals surface area contributed by atoms with Gasteiger partial charge in [0.25, 0.3) is 5.91 Å². The predicted molar refractivity (Wildman–Crippen MR) is 186 cm³/mol. The molecule has 0 bridgehead atoms. The maximum Gasteiger partial charge on any atom is 0.343 e. The number of hydrogen-bond donors (Lipinski definition) is 2. The molecule has 10 nitrogen and oxygen atoms in total. The van der Waals surface area contributed by atoms with Crippen LogP contribution in [0.2, 0.25) is 0 Å². The van der Waals surface area contributed by atoms with Crippen LogP contribution in [0.1, 0.15) is 72.7 Å². The summed E-state index contributed by atoms with van der Waals surface area (Å²) in [6, 6.07) is 21.0. The first-order chi connectivity index (χ1) is 22.6. The summed E-state index contributed by atoms with van der Waals surface area (Å²) in [6.07, 6.45) is 5.52. The highest BCUT2D eigenvalue weighted by molar-refractivity contribution is 7.92. The van der Waals surface area contributed by atoms with Gasteiger partial charge in [-0.25, -0.2) is 13.2 Å². The van der Waals surface area contributed by atoms with Crippen molar-refractivity contribution < 1.29 is 32.2 Å². The fourth-order valence-electron chi connectivity index (χ4n) is 4.94. The molecule has 2 N–H and O–H groups in total. The lowest BCUT2D eigenvalue weighted by Gasteiger charge is -2.18. The fourth-order valence-corrected chi connectivity index (χ4v) is 5.50. The smallest absolute Gasteiger partial charge is 0.343 e. The molecule has 47 heavy (non-hydrogen) atoms. The third kappa shape index (κ3) is 13.4. The zero-order valence-electron chi connectivity index (χ0n) is 28.0. The SMILES string of the molecule is CCC(CCCNCCc1ccc(OC(=O)c2ccccc2)c(NS(C)(=O)=O)c1)OCCCOc1ccc(C(=O)N(CC)CC)cc1. The Bertz CT molecular complexity index is 1490. The molecule has 1 unspecified atom stereocenters. The number of hydrogen-bond acceptors (Lipinski definition) is 8. The van der Waals surface area contributed by atoms with Crippen molar-refractivity contribution in [3.8, 4) is 11.5 Å². The van der Waals surface area contributed by atoms with E-state index < -0.39 is 16.0 Å². The third-order valence-corrected chi connectivity index (χ3v) is 8.13. The standard InChI is InChI=1S/C36H49N3O7S/c1-5-31(44-25-12-26-45-32-19-17-29(18-20-32)35(40)39(6-2)7-3)15-11-23-37-24-22-28-16-21-34(33(27-28)38-47(4,42)43)46-36(41)30-13-9-8-10-14-30/h8-10,13-14,16-21,27,31,37-38H,5-7,11-12,15,22-26H2,1-4H3. The van der Waals surface area contributed by atoms with Crippen LogP contribution in [-0.2, 0) is 21.2 Å². The van der Waals surface area contributed by atoms with Crippen molar-refractivity contribution in [2.75, 3.05) is 50.4 Å². The summed E-state index contributed by atoms with van der Waals surface area (Å²) in [5.74, 6) is 0.357. The number of nitrogens with one attached hydrogen (secondary N) is 2. The number of ether oxygens (including phenoxy) is 3. The van der Waals surface area contributed by atoms with Gasteiger partial charge in [-0.3, -0.25) is 9.52 Å². The minimum Gasteiger partial charge on any atom is -0.494 e. The van der Waals surface area contributed by atoms with Crippen molar-refractivity contribution in [2.45, 2.75) is 59.0 Å². The Hall–Kier alpha value is -3.93. The van der Waals surface area contributed by atoms with Crippen LogP contribution in [0.25, 0.3) is 0 Å². The van der Waals surface area contributed by atoms with Crippen molar-refractivity contribution in [3.05, 3.63) is 89.5 Å². The van der Waals surface area contributed by atoms with E-state index in [0.717, 1.165) is 49.8 Å². The molecule has 0 fully saturated rings. The second-order valence-corrected chi connectivity index (χ2v) is 13.0. The zero-order valence-corrected chi connectivity index (χ0v) is 28.8. The van der Waals surface area contributed by atoms with Crippen molar-refractivity contribution in [1.29, 1.82) is 0 Å². The highest BCUT2D eigenvalue weighted by Crippen LogP contribution is 2.28. The second-order valence-electron chi connectivity index (χ2n) is 11.2. The van der Waals surface area contributed by atoms with Gasteiger partial charge in [0.15, 0.2) is 5.75 Å². The number of carbonyl (C=O) groups excluding carboxylic acids is 2. The number of nitrogens with zero attached hydrogens (tertiary/aromatic N) is 1. The van der Waals surface area contributed by atoms with E-state index in [1.54, 1.807) is 47.4 Å². The Labute approximate surface area is 279 Å². The van der Waals surface area contributed by atoms with Crippen LogP contribution < -0.4 is 19.5 Å². The minimum atomic E-state index is -3.58. The topological polar surface area (TPSA) is 123 Å². The molecule has 0 spiro atoms. The van der Waals surface area contributed by atoms with E-state index >= 15 is 0 Å². The first-order valence-electron chi connectivity index (χ1n) is 16.4. The summed E-state index contributed by atoms with van der Waals surface area (Å²) in [6.45, 7) is 10.1. The number of carbonyl (C=O) groups is 2. The molecule has 0 saturated carbocycles. The van der Waals surface area contributed by atoms with Gasteiger partial charge in [-0.15, -0.1) is 0 Å². The molecule has 0 saturated heterocycles. The summed E-state index contributed by atoms with van der Waals surface area (Å²) in [7, 11) is -3.58. The normalized spacial score (nSPS) is 11.9. The van der Waals surface area contributed by atoms with Gasteiger partial charge in [-0.05, 0) is 107 Å². The van der Waals surface area contributed by atoms with Crippen LogP contribution in [0.15, 0.2) is 72.8 Å². The summed E-state index contributed by atoms with van der Waals surface area (Å²) in [5.41, 5.74) is 2.17. The summed E-state index contributed by atoms with van der Waals surface area (Å²) in [4.78, 5) is 26.8. The quantitative estimate of drug-likeness (QED) is 0.0814. The zero-order chi connectivity index (χ0) is 34.1.